The topological polar surface area (TPSA) is 61.8 Å². The molecule has 0 saturated carbocycles. The van der Waals surface area contributed by atoms with Crippen LogP contribution in [-0.4, -0.2) is 35.1 Å². The van der Waals surface area contributed by atoms with Gasteiger partial charge in [0.05, 0.1) is 0 Å². The van der Waals surface area contributed by atoms with Gasteiger partial charge >= 0.3 is 0 Å². The number of piperidine rings is 1. The molecule has 2 atom stereocenters. The van der Waals surface area contributed by atoms with E-state index in [1.807, 2.05) is 0 Å². The highest BCUT2D eigenvalue weighted by atomic mass is 16.4. The molecule has 1 saturated heterocycles. The van der Waals surface area contributed by atoms with E-state index in [1.54, 1.807) is 0 Å². The Labute approximate surface area is 98.5 Å². The first-order valence-electron chi connectivity index (χ1n) is 6.34. The molecule has 1 aliphatic heterocycles. The van der Waals surface area contributed by atoms with Gasteiger partial charge in [-0.1, -0.05) is 12.1 Å². The number of hydrogen-bond acceptors (Lipinski definition) is 3. The van der Waals surface area contributed by atoms with Crippen LogP contribution in [-0.2, 0) is 0 Å². The van der Waals surface area contributed by atoms with Gasteiger partial charge in [0.1, 0.15) is 5.84 Å². The van der Waals surface area contributed by atoms with Crippen molar-refractivity contribution in [3.05, 3.63) is 0 Å². The van der Waals surface area contributed by atoms with Crippen molar-refractivity contribution in [2.45, 2.75) is 52.0 Å². The van der Waals surface area contributed by atoms with Crippen molar-refractivity contribution in [3.8, 4) is 0 Å². The Bertz CT molecular complexity index is 230. The molecule has 0 aromatic rings. The monoisotopic (exact) mass is 227 g/mol. The highest BCUT2D eigenvalue weighted by Crippen LogP contribution is 2.21. The summed E-state index contributed by atoms with van der Waals surface area (Å²) in [6.07, 6.45) is 5.53. The largest absolute Gasteiger partial charge is 0.409 e. The summed E-state index contributed by atoms with van der Waals surface area (Å²) in [6.45, 7) is 7.01. The highest BCUT2D eigenvalue weighted by Gasteiger charge is 2.21. The van der Waals surface area contributed by atoms with Crippen LogP contribution in [0.25, 0.3) is 0 Å². The van der Waals surface area contributed by atoms with E-state index in [-0.39, 0.29) is 0 Å². The SMILES string of the molecule is CC1CCC(C)N(CCCCC(N)=NO)C1. The average Bonchev–Trinajstić information content (AvgIpc) is 2.28. The minimum atomic E-state index is 0.347. The number of likely N-dealkylation sites (tertiary alicyclic amines) is 1. The zero-order chi connectivity index (χ0) is 12.0. The lowest BCUT2D eigenvalue weighted by molar-refractivity contribution is 0.123. The van der Waals surface area contributed by atoms with Crippen LogP contribution in [0.1, 0.15) is 46.0 Å². The molecule has 1 fully saturated rings. The number of rotatable bonds is 5. The Hall–Kier alpha value is -0.770. The first kappa shape index (κ1) is 13.3. The molecule has 1 heterocycles. The van der Waals surface area contributed by atoms with Crippen LogP contribution in [0.5, 0.6) is 0 Å². The molecular formula is C12H25N3O. The van der Waals surface area contributed by atoms with E-state index < -0.39 is 0 Å². The second kappa shape index (κ2) is 6.74. The van der Waals surface area contributed by atoms with E-state index in [1.165, 1.54) is 19.4 Å². The predicted octanol–water partition coefficient (Wildman–Crippen LogP) is 2.02. The molecule has 0 spiro atoms. The molecule has 1 rings (SSSR count). The molecular weight excluding hydrogens is 202 g/mol. The van der Waals surface area contributed by atoms with Gasteiger partial charge in [0.15, 0.2) is 0 Å². The molecule has 4 heteroatoms. The summed E-state index contributed by atoms with van der Waals surface area (Å²) in [5, 5.41) is 11.4. The number of hydrogen-bond donors (Lipinski definition) is 2. The summed E-state index contributed by atoms with van der Waals surface area (Å²) < 4.78 is 0. The molecule has 4 nitrogen and oxygen atoms in total. The Kier molecular flexibility index (Phi) is 5.60. The van der Waals surface area contributed by atoms with Crippen molar-refractivity contribution in [1.82, 2.24) is 4.90 Å². The highest BCUT2D eigenvalue weighted by molar-refractivity contribution is 5.79. The molecule has 2 unspecified atom stereocenters. The minimum absolute atomic E-state index is 0.347. The molecule has 3 N–H and O–H groups in total. The van der Waals surface area contributed by atoms with Crippen molar-refractivity contribution >= 4 is 5.84 Å². The number of oxime groups is 1. The lowest BCUT2D eigenvalue weighted by Gasteiger charge is -2.36. The fraction of sp³-hybridized carbons (Fsp3) is 0.917. The van der Waals surface area contributed by atoms with Crippen molar-refractivity contribution in [1.29, 1.82) is 0 Å². The Morgan fingerprint density at radius 3 is 2.81 bits per heavy atom. The maximum Gasteiger partial charge on any atom is 0.139 e. The number of amidine groups is 1. The van der Waals surface area contributed by atoms with Crippen molar-refractivity contribution in [3.63, 3.8) is 0 Å². The van der Waals surface area contributed by atoms with Gasteiger partial charge in [-0.05, 0) is 45.1 Å². The molecule has 16 heavy (non-hydrogen) atoms. The normalized spacial score (nSPS) is 28.2. The summed E-state index contributed by atoms with van der Waals surface area (Å²) in [7, 11) is 0. The van der Waals surface area contributed by atoms with Gasteiger partial charge in [0, 0.05) is 19.0 Å². The standard InChI is InChI=1S/C12H25N3O/c1-10-6-7-11(2)15(9-10)8-4-3-5-12(13)14-16/h10-11,16H,3-9H2,1-2H3,(H2,13,14). The van der Waals surface area contributed by atoms with E-state index in [0.29, 0.717) is 12.3 Å². The van der Waals surface area contributed by atoms with Crippen molar-refractivity contribution < 1.29 is 5.21 Å². The smallest absolute Gasteiger partial charge is 0.139 e. The molecule has 94 valence electrons. The third kappa shape index (κ3) is 4.39. The first-order chi connectivity index (χ1) is 7.63. The lowest BCUT2D eigenvalue weighted by Crippen LogP contribution is -2.41. The second-order valence-corrected chi connectivity index (χ2v) is 5.07. The summed E-state index contributed by atoms with van der Waals surface area (Å²) >= 11 is 0. The van der Waals surface area contributed by atoms with E-state index in [4.69, 9.17) is 10.9 Å². The minimum Gasteiger partial charge on any atom is -0.409 e. The van der Waals surface area contributed by atoms with E-state index in [2.05, 4.69) is 23.9 Å². The van der Waals surface area contributed by atoms with Gasteiger partial charge in [-0.2, -0.15) is 0 Å². The van der Waals surface area contributed by atoms with E-state index in [0.717, 1.165) is 31.3 Å². The Morgan fingerprint density at radius 2 is 2.12 bits per heavy atom. The molecule has 0 aliphatic carbocycles. The van der Waals surface area contributed by atoms with E-state index in [9.17, 15) is 0 Å². The summed E-state index contributed by atoms with van der Waals surface area (Å²) in [5.41, 5.74) is 5.43. The van der Waals surface area contributed by atoms with Crippen LogP contribution in [0, 0.1) is 5.92 Å². The predicted molar refractivity (Wildman–Crippen MR) is 66.7 cm³/mol. The second-order valence-electron chi connectivity index (χ2n) is 5.07. The number of nitrogens with two attached hydrogens (primary N) is 1. The van der Waals surface area contributed by atoms with Gasteiger partial charge in [-0.15, -0.1) is 0 Å². The van der Waals surface area contributed by atoms with Crippen LogP contribution in [0.2, 0.25) is 0 Å². The third-order valence-electron chi connectivity index (χ3n) is 3.50. The van der Waals surface area contributed by atoms with Gasteiger partial charge in [0.25, 0.3) is 0 Å². The summed E-state index contributed by atoms with van der Waals surface area (Å²) in [5.74, 6) is 1.18. The first-order valence-corrected chi connectivity index (χ1v) is 6.34. The molecule has 0 aromatic heterocycles. The Morgan fingerprint density at radius 1 is 1.38 bits per heavy atom. The van der Waals surface area contributed by atoms with Gasteiger partial charge in [-0.25, -0.2) is 0 Å². The lowest BCUT2D eigenvalue weighted by atomic mass is 9.95. The van der Waals surface area contributed by atoms with Crippen LogP contribution in [0.3, 0.4) is 0 Å². The van der Waals surface area contributed by atoms with Crippen LogP contribution in [0.15, 0.2) is 5.16 Å². The summed E-state index contributed by atoms with van der Waals surface area (Å²) in [4.78, 5) is 2.57. The molecule has 1 aliphatic rings. The fourth-order valence-corrected chi connectivity index (χ4v) is 2.36. The van der Waals surface area contributed by atoms with Crippen molar-refractivity contribution in [2.24, 2.45) is 16.8 Å². The molecule has 0 bridgehead atoms. The third-order valence-corrected chi connectivity index (χ3v) is 3.50. The maximum absolute atomic E-state index is 8.41. The zero-order valence-electron chi connectivity index (χ0n) is 10.5. The molecule has 0 radical (unpaired) electrons. The van der Waals surface area contributed by atoms with Crippen LogP contribution >= 0.6 is 0 Å². The fourth-order valence-electron chi connectivity index (χ4n) is 2.36. The van der Waals surface area contributed by atoms with E-state index >= 15 is 0 Å². The summed E-state index contributed by atoms with van der Waals surface area (Å²) in [6, 6.07) is 0.722. The molecule has 0 aromatic carbocycles. The van der Waals surface area contributed by atoms with Crippen LogP contribution < -0.4 is 5.73 Å². The maximum atomic E-state index is 8.41. The van der Waals surface area contributed by atoms with Gasteiger partial charge < -0.3 is 15.8 Å². The quantitative estimate of drug-likeness (QED) is 0.248. The van der Waals surface area contributed by atoms with Gasteiger partial charge in [-0.3, -0.25) is 0 Å². The zero-order valence-corrected chi connectivity index (χ0v) is 10.5. The van der Waals surface area contributed by atoms with Crippen LogP contribution in [0.4, 0.5) is 0 Å². The molecule has 0 amide bonds. The number of nitrogens with zero attached hydrogens (tertiary/aromatic N) is 2. The average molecular weight is 227 g/mol. The Balaban J connectivity index is 2.16. The van der Waals surface area contributed by atoms with Crippen molar-refractivity contribution in [2.75, 3.05) is 13.1 Å². The number of unbranched alkanes of at least 4 members (excludes halogenated alkanes) is 1. The van der Waals surface area contributed by atoms with Gasteiger partial charge in [0.2, 0.25) is 0 Å².